The summed E-state index contributed by atoms with van der Waals surface area (Å²) in [4.78, 5) is 25.8. The number of hydrogen-bond acceptors (Lipinski definition) is 10. The van der Waals surface area contributed by atoms with E-state index in [0.29, 0.717) is 34.8 Å². The van der Waals surface area contributed by atoms with Crippen LogP contribution >= 0.6 is 0 Å². The van der Waals surface area contributed by atoms with Crippen LogP contribution in [0.4, 0.5) is 11.8 Å². The third kappa shape index (κ3) is 5.42. The monoisotopic (exact) mass is 443 g/mol. The van der Waals surface area contributed by atoms with Crippen molar-refractivity contribution in [3.8, 4) is 11.5 Å². The van der Waals surface area contributed by atoms with Gasteiger partial charge in [-0.25, -0.2) is 15.0 Å². The molecule has 0 spiro atoms. The molecule has 1 saturated heterocycles. The zero-order valence-corrected chi connectivity index (χ0v) is 17.7. The average Bonchev–Trinajstić information content (AvgIpc) is 3.23. The predicted molar refractivity (Wildman–Crippen MR) is 115 cm³/mol. The van der Waals surface area contributed by atoms with Crippen molar-refractivity contribution < 1.29 is 28.5 Å². The molecule has 0 saturated carbocycles. The number of carboxylic acid groups (broad SMARTS) is 1. The molecule has 32 heavy (non-hydrogen) atoms. The second-order valence-electron chi connectivity index (χ2n) is 7.23. The molecule has 0 bridgehead atoms. The zero-order valence-electron chi connectivity index (χ0n) is 17.7. The molecule has 1 aliphatic rings. The van der Waals surface area contributed by atoms with Gasteiger partial charge in [0.05, 0.1) is 38.6 Å². The average molecular weight is 443 g/mol. The fraction of sp³-hybridized carbons (Fsp3) is 0.429. The maximum atomic E-state index is 10.8. The molecular formula is C21H25N5O6. The number of aromatic nitrogens is 3. The zero-order chi connectivity index (χ0) is 22.3. The number of rotatable bonds is 10. The number of carbonyl (C=O) groups is 1. The molecule has 0 atom stereocenters. The Morgan fingerprint density at radius 2 is 2.06 bits per heavy atom. The molecular weight excluding hydrogens is 418 g/mol. The Balaban J connectivity index is 1.45. The first kappa shape index (κ1) is 21.8. The Kier molecular flexibility index (Phi) is 6.97. The van der Waals surface area contributed by atoms with Gasteiger partial charge in [0.15, 0.2) is 11.5 Å². The van der Waals surface area contributed by atoms with Crippen LogP contribution < -0.4 is 14.8 Å². The highest BCUT2D eigenvalue weighted by Crippen LogP contribution is 2.34. The molecule has 0 unspecified atom stereocenters. The maximum Gasteiger partial charge on any atom is 0.311 e. The summed E-state index contributed by atoms with van der Waals surface area (Å²) in [7, 11) is 1.57. The number of morpholine rings is 1. The number of aliphatic carboxylic acids is 1. The number of methoxy groups -OCH3 is 1. The number of fused-ring (bicyclic) bond motifs is 1. The molecule has 0 aliphatic carbocycles. The summed E-state index contributed by atoms with van der Waals surface area (Å²) in [6.45, 7) is 4.98. The number of ether oxygens (including phenoxy) is 3. The first-order chi connectivity index (χ1) is 15.6. The van der Waals surface area contributed by atoms with Crippen LogP contribution in [0, 0.1) is 0 Å². The van der Waals surface area contributed by atoms with Gasteiger partial charge in [-0.1, -0.05) is 0 Å². The molecule has 2 N–H and O–H groups in total. The van der Waals surface area contributed by atoms with Crippen molar-refractivity contribution in [3.63, 3.8) is 0 Å². The summed E-state index contributed by atoms with van der Waals surface area (Å²) in [5, 5.41) is 12.5. The first-order valence-corrected chi connectivity index (χ1v) is 10.3. The van der Waals surface area contributed by atoms with Crippen molar-refractivity contribution in [1.82, 2.24) is 19.9 Å². The highest BCUT2D eigenvalue weighted by molar-refractivity contribution is 5.92. The van der Waals surface area contributed by atoms with E-state index in [-0.39, 0.29) is 18.2 Å². The second-order valence-corrected chi connectivity index (χ2v) is 7.23. The number of carboxylic acids is 1. The second kappa shape index (κ2) is 10.2. The molecule has 1 fully saturated rings. The van der Waals surface area contributed by atoms with Crippen LogP contribution in [0.1, 0.15) is 12.2 Å². The first-order valence-electron chi connectivity index (χ1n) is 10.3. The van der Waals surface area contributed by atoms with Gasteiger partial charge in [0.2, 0.25) is 0 Å². The van der Waals surface area contributed by atoms with E-state index in [2.05, 4.69) is 25.2 Å². The number of oxazole rings is 1. The number of benzene rings is 1. The summed E-state index contributed by atoms with van der Waals surface area (Å²) in [5.74, 6) is 0.856. The number of nitrogens with one attached hydrogen (secondary N) is 1. The van der Waals surface area contributed by atoms with Crippen LogP contribution in [0.3, 0.4) is 0 Å². The van der Waals surface area contributed by atoms with Gasteiger partial charge < -0.3 is 23.7 Å². The third-order valence-electron chi connectivity index (χ3n) is 5.01. The van der Waals surface area contributed by atoms with Gasteiger partial charge >= 0.3 is 12.0 Å². The molecule has 0 amide bonds. The van der Waals surface area contributed by atoms with Crippen LogP contribution in [0.25, 0.3) is 10.9 Å². The van der Waals surface area contributed by atoms with Crippen LogP contribution in [0.2, 0.25) is 0 Å². The van der Waals surface area contributed by atoms with Crippen molar-refractivity contribution >= 4 is 28.7 Å². The van der Waals surface area contributed by atoms with Gasteiger partial charge in [-0.3, -0.25) is 15.0 Å². The van der Waals surface area contributed by atoms with Crippen molar-refractivity contribution in [2.45, 2.75) is 12.8 Å². The van der Waals surface area contributed by atoms with Crippen LogP contribution in [-0.2, 0) is 16.0 Å². The van der Waals surface area contributed by atoms with Crippen molar-refractivity contribution in [2.24, 2.45) is 0 Å². The maximum absolute atomic E-state index is 10.8. The van der Waals surface area contributed by atoms with E-state index in [1.807, 2.05) is 0 Å². The van der Waals surface area contributed by atoms with Crippen molar-refractivity contribution in [3.05, 3.63) is 30.4 Å². The van der Waals surface area contributed by atoms with Crippen molar-refractivity contribution in [1.29, 1.82) is 0 Å². The molecule has 0 radical (unpaired) electrons. The number of hydrogen-bond donors (Lipinski definition) is 2. The van der Waals surface area contributed by atoms with Crippen LogP contribution in [0.5, 0.6) is 11.5 Å². The highest BCUT2D eigenvalue weighted by atomic mass is 16.5. The lowest BCUT2D eigenvalue weighted by atomic mass is 10.2. The van der Waals surface area contributed by atoms with E-state index in [4.69, 9.17) is 23.7 Å². The summed E-state index contributed by atoms with van der Waals surface area (Å²) < 4.78 is 22.3. The lowest BCUT2D eigenvalue weighted by molar-refractivity contribution is -0.136. The van der Waals surface area contributed by atoms with Gasteiger partial charge in [0.1, 0.15) is 24.3 Å². The Hall–Kier alpha value is -3.44. The van der Waals surface area contributed by atoms with Gasteiger partial charge in [0.25, 0.3) is 0 Å². The van der Waals surface area contributed by atoms with Gasteiger partial charge in [-0.15, -0.1) is 0 Å². The Labute approximate surface area is 184 Å². The lowest BCUT2D eigenvalue weighted by Gasteiger charge is -2.26. The van der Waals surface area contributed by atoms with Crippen LogP contribution in [0.15, 0.2) is 29.1 Å². The fourth-order valence-electron chi connectivity index (χ4n) is 3.43. The fourth-order valence-corrected chi connectivity index (χ4v) is 3.43. The largest absolute Gasteiger partial charge is 0.493 e. The number of nitrogens with zero attached hydrogens (tertiary/aromatic N) is 4. The number of anilines is 2. The Morgan fingerprint density at radius 1 is 1.22 bits per heavy atom. The molecule has 2 aromatic heterocycles. The van der Waals surface area contributed by atoms with E-state index < -0.39 is 5.97 Å². The smallest absolute Gasteiger partial charge is 0.311 e. The highest BCUT2D eigenvalue weighted by Gasteiger charge is 2.15. The van der Waals surface area contributed by atoms with Gasteiger partial charge in [-0.2, -0.15) is 0 Å². The standard InChI is InChI=1S/C21H25N5O6/c1-29-17-10-15-16(11-18(17)31-6-2-3-26-4-7-30-8-5-26)23-13-24-20(15)25-21-22-12-14(32-21)9-19(27)28/h10-13H,2-9H2,1H3,(H,27,28)(H,22,23,24,25). The molecule has 11 heteroatoms. The minimum atomic E-state index is -0.998. The molecule has 170 valence electrons. The molecule has 1 aliphatic heterocycles. The summed E-state index contributed by atoms with van der Waals surface area (Å²) in [5.41, 5.74) is 0.656. The summed E-state index contributed by atoms with van der Waals surface area (Å²) in [6, 6.07) is 3.74. The topological polar surface area (TPSA) is 132 Å². The quantitative estimate of drug-likeness (QED) is 0.446. The molecule has 3 heterocycles. The SMILES string of the molecule is COc1cc2c(Nc3ncc(CC(=O)O)o3)ncnc2cc1OCCCN1CCOCC1. The van der Waals surface area contributed by atoms with Crippen LogP contribution in [-0.4, -0.2) is 77.5 Å². The molecule has 11 nitrogen and oxygen atoms in total. The van der Waals surface area contributed by atoms with E-state index in [1.165, 1.54) is 12.5 Å². The minimum Gasteiger partial charge on any atom is -0.493 e. The van der Waals surface area contributed by atoms with Gasteiger partial charge in [-0.05, 0) is 12.5 Å². The lowest BCUT2D eigenvalue weighted by Crippen LogP contribution is -2.37. The normalized spacial score (nSPS) is 14.4. The van der Waals surface area contributed by atoms with E-state index in [1.54, 1.807) is 19.2 Å². The molecule has 1 aromatic carbocycles. The Bertz CT molecular complexity index is 1070. The summed E-state index contributed by atoms with van der Waals surface area (Å²) in [6.07, 6.45) is 3.42. The Morgan fingerprint density at radius 3 is 2.84 bits per heavy atom. The van der Waals surface area contributed by atoms with E-state index in [9.17, 15) is 4.79 Å². The van der Waals surface area contributed by atoms with E-state index >= 15 is 0 Å². The molecule has 3 aromatic rings. The molecule has 4 rings (SSSR count). The summed E-state index contributed by atoms with van der Waals surface area (Å²) >= 11 is 0. The van der Waals surface area contributed by atoms with E-state index in [0.717, 1.165) is 39.3 Å². The predicted octanol–water partition coefficient (Wildman–Crippen LogP) is 2.10. The van der Waals surface area contributed by atoms with Gasteiger partial charge in [0, 0.05) is 31.1 Å². The third-order valence-corrected chi connectivity index (χ3v) is 5.01. The minimum absolute atomic E-state index is 0.142. The van der Waals surface area contributed by atoms with Crippen molar-refractivity contribution in [2.75, 3.05) is 51.9 Å².